The molecule has 1 fully saturated rings. The van der Waals surface area contributed by atoms with E-state index in [1.807, 2.05) is 23.4 Å². The van der Waals surface area contributed by atoms with Crippen LogP contribution in [0.1, 0.15) is 45.0 Å². The van der Waals surface area contributed by atoms with Gasteiger partial charge in [-0.05, 0) is 36.6 Å². The number of aromatic nitrogens is 4. The van der Waals surface area contributed by atoms with Crippen LogP contribution in [0.5, 0.6) is 0 Å². The van der Waals surface area contributed by atoms with Crippen LogP contribution < -0.4 is 0 Å². The Morgan fingerprint density at radius 1 is 1.61 bits per heavy atom. The lowest BCUT2D eigenvalue weighted by molar-refractivity contribution is -0.139. The van der Waals surface area contributed by atoms with E-state index in [0.717, 1.165) is 25.1 Å². The highest BCUT2D eigenvalue weighted by molar-refractivity contribution is 5.69. The first-order valence-electron chi connectivity index (χ1n) is 6.34. The van der Waals surface area contributed by atoms with Gasteiger partial charge in [0.15, 0.2) is 5.82 Å². The molecule has 1 atom stereocenters. The maximum atomic E-state index is 10.9. The fourth-order valence-corrected chi connectivity index (χ4v) is 1.90. The van der Waals surface area contributed by atoms with E-state index in [1.54, 1.807) is 0 Å². The molecule has 1 aromatic heterocycles. The lowest BCUT2D eigenvalue weighted by Gasteiger charge is -2.25. The summed E-state index contributed by atoms with van der Waals surface area (Å²) in [6.07, 6.45) is 3.12. The zero-order chi connectivity index (χ0) is 13.1. The van der Waals surface area contributed by atoms with Gasteiger partial charge >= 0.3 is 5.97 Å². The van der Waals surface area contributed by atoms with Crippen molar-refractivity contribution in [1.82, 2.24) is 25.1 Å². The van der Waals surface area contributed by atoms with Crippen LogP contribution in [0.4, 0.5) is 0 Å². The van der Waals surface area contributed by atoms with Gasteiger partial charge in [-0.3, -0.25) is 9.69 Å². The van der Waals surface area contributed by atoms with Gasteiger partial charge in [0.05, 0.1) is 19.1 Å². The van der Waals surface area contributed by atoms with Gasteiger partial charge in [-0.2, -0.15) is 0 Å². The SMILES string of the molecule is CCC(C)N(CC(=O)O)Cc1nnnn1C1CC1. The van der Waals surface area contributed by atoms with Crippen molar-refractivity contribution in [1.29, 1.82) is 0 Å². The Hall–Kier alpha value is -1.50. The average molecular weight is 253 g/mol. The average Bonchev–Trinajstić information content (AvgIpc) is 3.08. The Balaban J connectivity index is 2.06. The second kappa shape index (κ2) is 5.43. The van der Waals surface area contributed by atoms with Gasteiger partial charge in [0.1, 0.15) is 0 Å². The van der Waals surface area contributed by atoms with Gasteiger partial charge in [0.2, 0.25) is 0 Å². The summed E-state index contributed by atoms with van der Waals surface area (Å²) < 4.78 is 1.83. The molecule has 1 aliphatic rings. The number of hydrogen-bond donors (Lipinski definition) is 1. The summed E-state index contributed by atoms with van der Waals surface area (Å²) in [7, 11) is 0. The van der Waals surface area contributed by atoms with Crippen LogP contribution in [0.25, 0.3) is 0 Å². The molecule has 1 aromatic rings. The highest BCUT2D eigenvalue weighted by atomic mass is 16.4. The molecular weight excluding hydrogens is 234 g/mol. The molecule has 0 spiro atoms. The minimum atomic E-state index is -0.819. The molecule has 1 heterocycles. The molecule has 0 amide bonds. The van der Waals surface area contributed by atoms with E-state index in [0.29, 0.717) is 12.6 Å². The Morgan fingerprint density at radius 3 is 2.89 bits per heavy atom. The predicted molar refractivity (Wildman–Crippen MR) is 63.9 cm³/mol. The Labute approximate surface area is 106 Å². The van der Waals surface area contributed by atoms with Crippen LogP contribution in [-0.2, 0) is 11.3 Å². The van der Waals surface area contributed by atoms with Crippen LogP contribution in [0, 0.1) is 0 Å². The summed E-state index contributed by atoms with van der Waals surface area (Å²) in [4.78, 5) is 12.8. The molecular formula is C11H19N5O2. The van der Waals surface area contributed by atoms with Crippen LogP contribution >= 0.6 is 0 Å². The number of carboxylic acid groups (broad SMARTS) is 1. The maximum absolute atomic E-state index is 10.9. The van der Waals surface area contributed by atoms with E-state index in [9.17, 15) is 4.79 Å². The summed E-state index contributed by atoms with van der Waals surface area (Å²) in [5.74, 6) is -0.0557. The normalized spacial score (nSPS) is 17.1. The first-order chi connectivity index (χ1) is 8.61. The minimum absolute atomic E-state index is 0.0204. The van der Waals surface area contributed by atoms with Gasteiger partial charge in [0, 0.05) is 6.04 Å². The molecule has 0 aliphatic heterocycles. The van der Waals surface area contributed by atoms with Crippen molar-refractivity contribution in [2.24, 2.45) is 0 Å². The van der Waals surface area contributed by atoms with E-state index < -0.39 is 5.97 Å². The molecule has 100 valence electrons. The number of carbonyl (C=O) groups is 1. The number of rotatable bonds is 7. The van der Waals surface area contributed by atoms with Crippen molar-refractivity contribution >= 4 is 5.97 Å². The molecule has 7 heteroatoms. The largest absolute Gasteiger partial charge is 0.480 e. The van der Waals surface area contributed by atoms with Crippen molar-refractivity contribution in [3.8, 4) is 0 Å². The summed E-state index contributed by atoms with van der Waals surface area (Å²) in [5, 5.41) is 20.6. The molecule has 1 saturated carbocycles. The van der Waals surface area contributed by atoms with E-state index >= 15 is 0 Å². The molecule has 0 radical (unpaired) electrons. The summed E-state index contributed by atoms with van der Waals surface area (Å²) in [5.41, 5.74) is 0. The number of carboxylic acids is 1. The highest BCUT2D eigenvalue weighted by Crippen LogP contribution is 2.34. The predicted octanol–water partition coefficient (Wildman–Crippen LogP) is 0.693. The van der Waals surface area contributed by atoms with Crippen LogP contribution in [0.15, 0.2) is 0 Å². The number of nitrogens with zero attached hydrogens (tertiary/aromatic N) is 5. The van der Waals surface area contributed by atoms with Crippen molar-refractivity contribution in [2.75, 3.05) is 6.54 Å². The van der Waals surface area contributed by atoms with Gasteiger partial charge in [-0.1, -0.05) is 6.92 Å². The standard InChI is InChI=1S/C11H19N5O2/c1-3-8(2)15(7-11(17)18)6-10-12-13-14-16(10)9-4-5-9/h8-9H,3-7H2,1-2H3,(H,17,18). The molecule has 1 unspecified atom stereocenters. The molecule has 1 aliphatic carbocycles. The van der Waals surface area contributed by atoms with Crippen molar-refractivity contribution in [3.63, 3.8) is 0 Å². The first-order valence-corrected chi connectivity index (χ1v) is 6.34. The molecule has 1 N–H and O–H groups in total. The van der Waals surface area contributed by atoms with Crippen LogP contribution in [-0.4, -0.2) is 48.8 Å². The number of hydrogen-bond acceptors (Lipinski definition) is 5. The van der Waals surface area contributed by atoms with Gasteiger partial charge in [-0.15, -0.1) is 5.10 Å². The fraction of sp³-hybridized carbons (Fsp3) is 0.818. The second-order valence-corrected chi connectivity index (χ2v) is 4.83. The smallest absolute Gasteiger partial charge is 0.317 e. The Bertz CT molecular complexity index is 415. The second-order valence-electron chi connectivity index (χ2n) is 4.83. The van der Waals surface area contributed by atoms with Gasteiger partial charge in [-0.25, -0.2) is 4.68 Å². The number of tetrazole rings is 1. The molecule has 7 nitrogen and oxygen atoms in total. The maximum Gasteiger partial charge on any atom is 0.317 e. The van der Waals surface area contributed by atoms with E-state index in [2.05, 4.69) is 15.5 Å². The lowest BCUT2D eigenvalue weighted by atomic mass is 10.2. The monoisotopic (exact) mass is 253 g/mol. The molecule has 2 rings (SSSR count). The molecule has 0 bridgehead atoms. The van der Waals surface area contributed by atoms with E-state index in [4.69, 9.17) is 5.11 Å². The zero-order valence-electron chi connectivity index (χ0n) is 10.8. The van der Waals surface area contributed by atoms with Crippen molar-refractivity contribution < 1.29 is 9.90 Å². The molecule has 0 aromatic carbocycles. The van der Waals surface area contributed by atoms with E-state index in [1.165, 1.54) is 0 Å². The van der Waals surface area contributed by atoms with Crippen molar-refractivity contribution in [3.05, 3.63) is 5.82 Å². The highest BCUT2D eigenvalue weighted by Gasteiger charge is 2.29. The topological polar surface area (TPSA) is 84.1 Å². The fourth-order valence-electron chi connectivity index (χ4n) is 1.90. The zero-order valence-corrected chi connectivity index (χ0v) is 10.8. The lowest BCUT2D eigenvalue weighted by Crippen LogP contribution is -2.37. The van der Waals surface area contributed by atoms with Gasteiger partial charge in [0.25, 0.3) is 0 Å². The summed E-state index contributed by atoms with van der Waals surface area (Å²) >= 11 is 0. The first kappa shape index (κ1) is 12.9. The summed E-state index contributed by atoms with van der Waals surface area (Å²) in [6.45, 7) is 4.58. The van der Waals surface area contributed by atoms with E-state index in [-0.39, 0.29) is 12.6 Å². The van der Waals surface area contributed by atoms with Crippen molar-refractivity contribution in [2.45, 2.75) is 51.7 Å². The third-order valence-electron chi connectivity index (χ3n) is 3.35. The Kier molecular flexibility index (Phi) is 3.90. The molecule has 18 heavy (non-hydrogen) atoms. The molecule has 0 saturated heterocycles. The third kappa shape index (κ3) is 3.04. The van der Waals surface area contributed by atoms with Crippen LogP contribution in [0.2, 0.25) is 0 Å². The van der Waals surface area contributed by atoms with Gasteiger partial charge < -0.3 is 5.11 Å². The van der Waals surface area contributed by atoms with Crippen LogP contribution in [0.3, 0.4) is 0 Å². The summed E-state index contributed by atoms with van der Waals surface area (Å²) in [6, 6.07) is 0.615. The minimum Gasteiger partial charge on any atom is -0.480 e. The quantitative estimate of drug-likeness (QED) is 0.769. The number of aliphatic carboxylic acids is 1. The Morgan fingerprint density at radius 2 is 2.33 bits per heavy atom. The third-order valence-corrected chi connectivity index (χ3v) is 3.35.